The molecule has 0 unspecified atom stereocenters. The van der Waals surface area contributed by atoms with E-state index in [2.05, 4.69) is 108 Å². The van der Waals surface area contributed by atoms with Gasteiger partial charge in [0.05, 0.1) is 0 Å². The van der Waals surface area contributed by atoms with Gasteiger partial charge in [0.25, 0.3) is 0 Å². The first-order valence-electron chi connectivity index (χ1n) is 10.3. The molecule has 0 radical (unpaired) electrons. The zero-order chi connectivity index (χ0) is 19.8. The number of hydrogen-bond acceptors (Lipinski definition) is 0. The molecule has 160 valence electrons. The van der Waals surface area contributed by atoms with Crippen molar-refractivity contribution in [2.45, 2.75) is 64.9 Å². The second-order valence-electron chi connectivity index (χ2n) is 15.0. The minimum Gasteiger partial charge on any atom is -0.147 e. The number of rotatable bonds is 3. The predicted octanol–water partition coefficient (Wildman–Crippen LogP) is 8.17. The van der Waals surface area contributed by atoms with Crippen LogP contribution in [0.1, 0.15) is 27.2 Å². The van der Waals surface area contributed by atoms with Crippen LogP contribution in [0.25, 0.3) is 10.9 Å². The molecule has 3 rings (SSSR count). The minimum absolute atomic E-state index is 0. The van der Waals surface area contributed by atoms with Crippen molar-refractivity contribution in [3.8, 4) is 0 Å². The van der Waals surface area contributed by atoms with E-state index in [4.69, 9.17) is 0 Å². The molecule has 2 aromatic rings. The fraction of sp³-hybridized carbons (Fsp3) is 0.478. The summed E-state index contributed by atoms with van der Waals surface area (Å²) in [6.07, 6.45) is 8.21. The molecule has 0 aliphatic heterocycles. The van der Waals surface area contributed by atoms with Crippen LogP contribution in [-0.2, 0) is 10.7 Å². The first kappa shape index (κ1) is 25.8. The van der Waals surface area contributed by atoms with Gasteiger partial charge in [0.2, 0.25) is 0 Å². The van der Waals surface area contributed by atoms with Crippen molar-refractivity contribution in [3.05, 3.63) is 52.4 Å². The molecule has 0 atom stereocenters. The number of allylic oxidation sites excluding steroid dienone is 4. The fourth-order valence-corrected chi connectivity index (χ4v) is 34.7. The standard InChI is InChI=1S/C8H6N.C5H5.C4H9.C2H7Si.4CH3.2ClH.Ti/c1-2-4-8-7(3-1)5-6-9-8;1-2-4-5-3-1;1-4(2)3;1-3-2;;;;;;;/h1-5,9H;1-3H,4H2;1-3H3;3H,1-2H3;4*1H3;2*1H;. The van der Waals surface area contributed by atoms with E-state index < -0.39 is 17.4 Å². The predicted molar refractivity (Wildman–Crippen MR) is 136 cm³/mol. The monoisotopic (exact) mass is 477 g/mol. The zero-order valence-corrected chi connectivity index (χ0v) is 23.6. The van der Waals surface area contributed by atoms with Crippen LogP contribution in [0.3, 0.4) is 0 Å². The third-order valence-corrected chi connectivity index (χ3v) is 79.8. The maximum Gasteiger partial charge on any atom is -0.147 e. The Hall–Kier alpha value is -0.249. The molecule has 5 heteroatoms. The van der Waals surface area contributed by atoms with Crippen LogP contribution in [0.4, 0.5) is 0 Å². The van der Waals surface area contributed by atoms with Crippen LogP contribution in [0.2, 0.25) is 37.7 Å². The van der Waals surface area contributed by atoms with Crippen LogP contribution in [0.15, 0.2) is 52.4 Å². The summed E-state index contributed by atoms with van der Waals surface area (Å²) in [5.41, 5.74) is 1.27. The van der Waals surface area contributed by atoms with Crippen molar-refractivity contribution in [2.75, 3.05) is 0 Å². The molecule has 1 N–H and O–H groups in total. The average molecular weight is 478 g/mol. The van der Waals surface area contributed by atoms with Gasteiger partial charge >= 0.3 is 155 Å². The number of benzene rings is 1. The Kier molecular flexibility index (Phi) is 4.73. The molecule has 1 aromatic heterocycles. The van der Waals surface area contributed by atoms with Gasteiger partial charge in [0, 0.05) is 0 Å². The van der Waals surface area contributed by atoms with E-state index >= 15 is 0 Å². The largest absolute Gasteiger partial charge is 0.147 e. The molecule has 0 saturated carbocycles. The molecule has 1 heterocycles. The molecule has 1 aliphatic rings. The Morgan fingerprint density at radius 2 is 1.54 bits per heavy atom. The van der Waals surface area contributed by atoms with Crippen molar-refractivity contribution in [2.24, 2.45) is 0 Å². The second-order valence-corrected chi connectivity index (χ2v) is 64.8. The molecule has 0 bridgehead atoms. The molecular formula is C23H41Cl2NSiTi. The number of fused-ring (bicyclic) bond motifs is 1. The maximum absolute atomic E-state index is 4.97. The van der Waals surface area contributed by atoms with Gasteiger partial charge in [-0.05, 0) is 0 Å². The molecular weight excluding hydrogens is 437 g/mol. The number of para-hydroxylation sites is 1. The number of aromatic nitrogens is 1. The summed E-state index contributed by atoms with van der Waals surface area (Å²) in [4.78, 5) is 4.00. The number of H-pyrrole nitrogens is 1. The number of hydrogen-bond donors (Lipinski definition) is 1. The first-order chi connectivity index (χ1) is 11.5. The smallest absolute Gasteiger partial charge is 0.147 e. The van der Waals surface area contributed by atoms with Gasteiger partial charge in [-0.15, -0.1) is 24.8 Å². The van der Waals surface area contributed by atoms with E-state index in [0.717, 1.165) is 6.42 Å². The Morgan fingerprint density at radius 3 is 1.96 bits per heavy atom. The molecule has 0 fully saturated rings. The third kappa shape index (κ3) is 2.00. The van der Waals surface area contributed by atoms with Crippen molar-refractivity contribution in [1.29, 1.82) is 0 Å². The number of aromatic amines is 1. The van der Waals surface area contributed by atoms with Crippen LogP contribution in [-0.4, -0.2) is 11.6 Å². The van der Waals surface area contributed by atoms with Gasteiger partial charge in [-0.25, -0.2) is 0 Å². The summed E-state index contributed by atoms with van der Waals surface area (Å²) in [6, 6.07) is 11.3. The maximum atomic E-state index is 4.00. The topological polar surface area (TPSA) is 15.8 Å². The molecule has 0 amide bonds. The Bertz CT molecular complexity index is 1020. The van der Waals surface area contributed by atoms with Crippen molar-refractivity contribution >= 4 is 46.4 Å². The summed E-state index contributed by atoms with van der Waals surface area (Å²) >= 11 is 0. The molecule has 0 saturated heterocycles. The van der Waals surface area contributed by atoms with E-state index in [9.17, 15) is 0 Å². The summed E-state index contributed by atoms with van der Waals surface area (Å²) in [5, 5.41) is 12.4. The van der Waals surface area contributed by atoms with E-state index in [1.165, 1.54) is 14.9 Å². The van der Waals surface area contributed by atoms with Crippen LogP contribution < -0.4 is 4.00 Å². The van der Waals surface area contributed by atoms with Gasteiger partial charge in [0.15, 0.2) is 0 Å². The summed E-state index contributed by atoms with van der Waals surface area (Å²) < 4.78 is 3.33. The second kappa shape index (κ2) is 5.14. The Labute approximate surface area is 178 Å². The zero-order valence-electron chi connectivity index (χ0n) is 19.2. The Balaban J connectivity index is 0.00000196. The molecule has 1 nitrogen and oxygen atoms in total. The molecule has 0 spiro atoms. The van der Waals surface area contributed by atoms with Gasteiger partial charge in [0.1, 0.15) is 0 Å². The Morgan fingerprint density at radius 1 is 0.964 bits per heavy atom. The quantitative estimate of drug-likeness (QED) is 0.428. The van der Waals surface area contributed by atoms with E-state index in [-0.39, 0.29) is 28.5 Å². The summed E-state index contributed by atoms with van der Waals surface area (Å²) in [6.45, 7) is 11.5. The van der Waals surface area contributed by atoms with Crippen molar-refractivity contribution in [1.82, 2.24) is 4.98 Å². The van der Waals surface area contributed by atoms with Gasteiger partial charge in [-0.1, -0.05) is 0 Å². The van der Waals surface area contributed by atoms with E-state index in [0.29, 0.717) is 0 Å². The molecule has 1 aliphatic carbocycles. The minimum atomic E-state index is -4.97. The van der Waals surface area contributed by atoms with Crippen LogP contribution >= 0.6 is 24.8 Å². The summed E-state index contributed by atoms with van der Waals surface area (Å²) in [7, 11) is -4.97. The van der Waals surface area contributed by atoms with E-state index in [1.54, 1.807) is 3.88 Å². The fourth-order valence-electron chi connectivity index (χ4n) is 5.91. The van der Waals surface area contributed by atoms with Gasteiger partial charge < -0.3 is 0 Å². The molecule has 28 heavy (non-hydrogen) atoms. The number of nitrogens with one attached hydrogen (secondary N) is 1. The van der Waals surface area contributed by atoms with Crippen LogP contribution in [0, 0.1) is 0 Å². The summed E-state index contributed by atoms with van der Waals surface area (Å²) in [5.74, 6) is 0. The number of halogens is 2. The van der Waals surface area contributed by atoms with Crippen molar-refractivity contribution in [3.63, 3.8) is 0 Å². The van der Waals surface area contributed by atoms with Crippen LogP contribution in [0.5, 0.6) is 0 Å². The SMILES string of the molecule is C[SiH](C)[Ti]([CH3])([CH3])([CH3])([CH3])([C]1=CC=CC1)([c]1cc2ccccc2[nH]1)[C](C)(C)C.Cl.Cl. The van der Waals surface area contributed by atoms with E-state index in [1.807, 2.05) is 0 Å². The third-order valence-electron chi connectivity index (χ3n) is 13.0. The average Bonchev–Trinajstić information content (AvgIpc) is 3.17. The normalized spacial score (nSPS) is 20.3. The molecule has 1 aromatic carbocycles. The van der Waals surface area contributed by atoms with Crippen molar-refractivity contribution < 1.29 is 10.7 Å². The van der Waals surface area contributed by atoms with Gasteiger partial charge in [-0.3, -0.25) is 0 Å². The first-order valence-corrected chi connectivity index (χ1v) is 24.5. The van der Waals surface area contributed by atoms with Gasteiger partial charge in [-0.2, -0.15) is 0 Å².